The van der Waals surface area contributed by atoms with Crippen molar-refractivity contribution in [3.8, 4) is 0 Å². The van der Waals surface area contributed by atoms with Crippen LogP contribution in [0.5, 0.6) is 0 Å². The summed E-state index contributed by atoms with van der Waals surface area (Å²) in [6, 6.07) is 15.0. The largest absolute Gasteiger partial charge is 0.329 e. The van der Waals surface area contributed by atoms with Crippen molar-refractivity contribution in [3.63, 3.8) is 0 Å². The number of halogens is 3. The zero-order valence-electron chi connectivity index (χ0n) is 17.9. The van der Waals surface area contributed by atoms with E-state index >= 15 is 0 Å². The fourth-order valence-corrected chi connectivity index (χ4v) is 4.40. The Balaban J connectivity index is 1.42. The smallest absolute Gasteiger partial charge is 0.176 e. The predicted molar refractivity (Wildman–Crippen MR) is 140 cm³/mol. The first kappa shape index (κ1) is 23.6. The average Bonchev–Trinajstić information content (AvgIpc) is 3.30. The second-order valence-corrected chi connectivity index (χ2v) is 9.17. The Bertz CT molecular complexity index is 1290. The van der Waals surface area contributed by atoms with Gasteiger partial charge in [-0.2, -0.15) is 10.2 Å². The van der Waals surface area contributed by atoms with E-state index in [4.69, 9.17) is 47.0 Å². The maximum Gasteiger partial charge on any atom is 0.176 e. The summed E-state index contributed by atoms with van der Waals surface area (Å²) >= 11 is 24.1. The van der Waals surface area contributed by atoms with Crippen LogP contribution >= 0.6 is 47.0 Å². The average molecular weight is 520 g/mol. The summed E-state index contributed by atoms with van der Waals surface area (Å²) in [4.78, 5) is 0. The van der Waals surface area contributed by atoms with Crippen molar-refractivity contribution >= 4 is 63.6 Å². The van der Waals surface area contributed by atoms with E-state index in [1.807, 2.05) is 73.3 Å². The topological polar surface area (TPSA) is 59.7 Å². The zero-order valence-corrected chi connectivity index (χ0v) is 21.0. The van der Waals surface area contributed by atoms with E-state index < -0.39 is 0 Å². The van der Waals surface area contributed by atoms with Gasteiger partial charge in [0.25, 0.3) is 0 Å². The molecule has 0 spiro atoms. The van der Waals surface area contributed by atoms with Crippen molar-refractivity contribution in [2.45, 2.75) is 26.9 Å². The number of rotatable bonds is 6. The third-order valence-electron chi connectivity index (χ3n) is 5.11. The van der Waals surface area contributed by atoms with Crippen LogP contribution in [-0.2, 0) is 13.1 Å². The van der Waals surface area contributed by atoms with Gasteiger partial charge in [0.15, 0.2) is 10.9 Å². The Labute approximate surface area is 212 Å². The lowest BCUT2D eigenvalue weighted by Gasteiger charge is -2.10. The Morgan fingerprint density at radius 3 is 2.39 bits per heavy atom. The quantitative estimate of drug-likeness (QED) is 0.282. The third kappa shape index (κ3) is 5.68. The van der Waals surface area contributed by atoms with E-state index in [-0.39, 0.29) is 0 Å². The van der Waals surface area contributed by atoms with Crippen LogP contribution in [0.25, 0.3) is 0 Å². The van der Waals surface area contributed by atoms with Crippen LogP contribution in [0.2, 0.25) is 15.1 Å². The minimum atomic E-state index is 0.421. The molecule has 0 atom stereocenters. The maximum atomic E-state index is 6.26. The minimum absolute atomic E-state index is 0.421. The molecule has 170 valence electrons. The molecule has 0 fully saturated rings. The molecular formula is C23H21Cl3N6S. The van der Waals surface area contributed by atoms with Crippen LogP contribution in [0.1, 0.15) is 22.5 Å². The lowest BCUT2D eigenvalue weighted by atomic mass is 10.2. The van der Waals surface area contributed by atoms with Crippen molar-refractivity contribution in [1.29, 1.82) is 0 Å². The van der Waals surface area contributed by atoms with Crippen molar-refractivity contribution in [2.75, 3.05) is 10.6 Å². The van der Waals surface area contributed by atoms with Crippen molar-refractivity contribution in [1.82, 2.24) is 19.6 Å². The van der Waals surface area contributed by atoms with Crippen LogP contribution in [0.15, 0.2) is 54.7 Å². The molecule has 2 aromatic heterocycles. The lowest BCUT2D eigenvalue weighted by Crippen LogP contribution is -2.20. The predicted octanol–water partition coefficient (Wildman–Crippen LogP) is 6.56. The van der Waals surface area contributed by atoms with Crippen molar-refractivity contribution in [2.24, 2.45) is 0 Å². The van der Waals surface area contributed by atoms with Crippen molar-refractivity contribution in [3.05, 3.63) is 92.3 Å². The first-order chi connectivity index (χ1) is 15.8. The monoisotopic (exact) mass is 518 g/mol. The summed E-state index contributed by atoms with van der Waals surface area (Å²) in [7, 11) is 0. The van der Waals surface area contributed by atoms with E-state index in [2.05, 4.69) is 20.8 Å². The van der Waals surface area contributed by atoms with Gasteiger partial charge >= 0.3 is 0 Å². The molecule has 0 unspecified atom stereocenters. The summed E-state index contributed by atoms with van der Waals surface area (Å²) in [6.07, 6.45) is 1.84. The zero-order chi connectivity index (χ0) is 23.5. The molecule has 0 aliphatic carbocycles. The second-order valence-electron chi connectivity index (χ2n) is 7.51. The number of nitrogens with one attached hydrogen (secondary N) is 2. The van der Waals surface area contributed by atoms with Crippen LogP contribution < -0.4 is 10.6 Å². The van der Waals surface area contributed by atoms with E-state index in [1.54, 1.807) is 4.68 Å². The number of thiocarbonyl (C=S) groups is 1. The van der Waals surface area contributed by atoms with Gasteiger partial charge in [-0.3, -0.25) is 9.36 Å². The minimum Gasteiger partial charge on any atom is -0.329 e. The van der Waals surface area contributed by atoms with E-state index in [0.29, 0.717) is 39.1 Å². The number of hydrogen-bond acceptors (Lipinski definition) is 3. The molecule has 33 heavy (non-hydrogen) atoms. The van der Waals surface area contributed by atoms with Crippen molar-refractivity contribution < 1.29 is 0 Å². The highest BCUT2D eigenvalue weighted by Gasteiger charge is 2.14. The number of anilines is 2. The highest BCUT2D eigenvalue weighted by Crippen LogP contribution is 2.25. The van der Waals surface area contributed by atoms with Gasteiger partial charge in [0, 0.05) is 32.9 Å². The molecule has 6 nitrogen and oxygen atoms in total. The van der Waals surface area contributed by atoms with Crippen LogP contribution in [0.3, 0.4) is 0 Å². The summed E-state index contributed by atoms with van der Waals surface area (Å²) < 4.78 is 3.67. The fourth-order valence-electron chi connectivity index (χ4n) is 3.46. The van der Waals surface area contributed by atoms with Crippen LogP contribution in [-0.4, -0.2) is 24.7 Å². The van der Waals surface area contributed by atoms with Gasteiger partial charge in [-0.25, -0.2) is 0 Å². The van der Waals surface area contributed by atoms with Crippen LogP contribution in [0.4, 0.5) is 11.5 Å². The molecule has 0 aliphatic rings. The molecule has 2 aromatic carbocycles. The molecule has 4 rings (SSSR count). The molecule has 10 heteroatoms. The Hall–Kier alpha value is -2.58. The number of hydrogen-bond donors (Lipinski definition) is 2. The van der Waals surface area contributed by atoms with E-state index in [1.165, 1.54) is 0 Å². The molecule has 0 bridgehead atoms. The van der Waals surface area contributed by atoms with Gasteiger partial charge in [-0.15, -0.1) is 0 Å². The molecule has 2 heterocycles. The highest BCUT2D eigenvalue weighted by atomic mass is 35.5. The van der Waals surface area contributed by atoms with Gasteiger partial charge < -0.3 is 10.6 Å². The van der Waals surface area contributed by atoms with Gasteiger partial charge in [-0.05, 0) is 55.9 Å². The summed E-state index contributed by atoms with van der Waals surface area (Å²) in [5.74, 6) is 0.609. The summed E-state index contributed by atoms with van der Waals surface area (Å²) in [5.41, 5.74) is 4.56. The number of nitrogens with zero attached hydrogens (tertiary/aromatic N) is 4. The molecule has 4 aromatic rings. The summed E-state index contributed by atoms with van der Waals surface area (Å²) in [5, 5.41) is 17.8. The summed E-state index contributed by atoms with van der Waals surface area (Å²) in [6.45, 7) is 5.00. The Morgan fingerprint density at radius 2 is 1.67 bits per heavy atom. The van der Waals surface area contributed by atoms with Crippen LogP contribution in [0, 0.1) is 13.8 Å². The van der Waals surface area contributed by atoms with Gasteiger partial charge in [0.05, 0.1) is 30.2 Å². The Morgan fingerprint density at radius 1 is 0.939 bits per heavy atom. The number of aryl methyl sites for hydroxylation is 1. The first-order valence-electron chi connectivity index (χ1n) is 10.1. The second kappa shape index (κ2) is 10.1. The molecule has 0 amide bonds. The first-order valence-corrected chi connectivity index (χ1v) is 11.7. The number of benzene rings is 2. The molecule has 0 saturated heterocycles. The lowest BCUT2D eigenvalue weighted by molar-refractivity contribution is 0.659. The molecule has 0 saturated carbocycles. The molecule has 0 aliphatic heterocycles. The standard InChI is InChI=1S/C23H21Cl3N6S/c1-14-22(15(2)32(29-14)12-16-5-3-6-17(24)11-16)28-23(33)27-21-9-10-31(30-21)13-18-19(25)7-4-8-20(18)26/h3-11H,12-13H2,1-2H3,(H2,27,28,30,33). The molecule has 2 N–H and O–H groups in total. The molecule has 0 radical (unpaired) electrons. The Kier molecular flexibility index (Phi) is 7.24. The van der Waals surface area contributed by atoms with E-state index in [9.17, 15) is 0 Å². The van der Waals surface area contributed by atoms with Gasteiger partial charge in [0.1, 0.15) is 0 Å². The normalized spacial score (nSPS) is 10.9. The van der Waals surface area contributed by atoms with Gasteiger partial charge in [-0.1, -0.05) is 53.0 Å². The maximum absolute atomic E-state index is 6.26. The third-order valence-corrected chi connectivity index (χ3v) is 6.25. The van der Waals surface area contributed by atoms with E-state index in [0.717, 1.165) is 28.2 Å². The molecular weight excluding hydrogens is 499 g/mol. The number of aromatic nitrogens is 4. The SMILES string of the molecule is Cc1nn(Cc2cccc(Cl)c2)c(C)c1NC(=S)Nc1ccn(Cc2c(Cl)cccc2Cl)n1. The fraction of sp³-hybridized carbons (Fsp3) is 0.174. The highest BCUT2D eigenvalue weighted by molar-refractivity contribution is 7.80. The van der Waals surface area contributed by atoms with Gasteiger partial charge in [0.2, 0.25) is 0 Å².